The van der Waals surface area contributed by atoms with Crippen molar-refractivity contribution >= 4 is 50.8 Å². The molecule has 2 rings (SSSR count). The van der Waals surface area contributed by atoms with Gasteiger partial charge in [0.05, 0.1) is 10.0 Å². The highest BCUT2D eigenvalue weighted by molar-refractivity contribution is 7.89. The molecular formula is C16H19Cl2N5O3S. The summed E-state index contributed by atoms with van der Waals surface area (Å²) in [5.41, 5.74) is 5.43. The van der Waals surface area contributed by atoms with Gasteiger partial charge in [0.25, 0.3) is 0 Å². The Hall–Kier alpha value is -2.07. The Morgan fingerprint density at radius 1 is 1.11 bits per heavy atom. The summed E-state index contributed by atoms with van der Waals surface area (Å²) in [5.74, 6) is 0.276. The Morgan fingerprint density at radius 2 is 1.81 bits per heavy atom. The predicted molar refractivity (Wildman–Crippen MR) is 107 cm³/mol. The topological polar surface area (TPSA) is 103 Å². The second-order valence-corrected chi connectivity index (χ2v) is 8.05. The van der Waals surface area contributed by atoms with Gasteiger partial charge in [0.15, 0.2) is 0 Å². The molecule has 0 unspecified atom stereocenters. The number of aromatic nitrogens is 1. The number of carbonyl (C=O) groups is 1. The molecule has 2 aromatic rings. The summed E-state index contributed by atoms with van der Waals surface area (Å²) in [5, 5.41) is 3.25. The largest absolute Gasteiger partial charge is 0.337 e. The number of nitrogens with one attached hydrogen (secondary N) is 3. The fourth-order valence-corrected chi connectivity index (χ4v) is 3.88. The van der Waals surface area contributed by atoms with Crippen molar-refractivity contribution < 1.29 is 13.2 Å². The van der Waals surface area contributed by atoms with Gasteiger partial charge in [0.2, 0.25) is 10.0 Å². The average Bonchev–Trinajstić information content (AvgIpc) is 2.64. The molecule has 1 heterocycles. The van der Waals surface area contributed by atoms with Crippen molar-refractivity contribution in [2.45, 2.75) is 18.7 Å². The minimum atomic E-state index is -3.58. The van der Waals surface area contributed by atoms with Crippen molar-refractivity contribution in [3.8, 4) is 0 Å². The van der Waals surface area contributed by atoms with Crippen molar-refractivity contribution in [2.24, 2.45) is 0 Å². The lowest BCUT2D eigenvalue weighted by atomic mass is 10.3. The van der Waals surface area contributed by atoms with Crippen LogP contribution < -0.4 is 16.2 Å². The predicted octanol–water partition coefficient (Wildman–Crippen LogP) is 3.57. The number of hydrazine groups is 1. The third-order valence-electron chi connectivity index (χ3n) is 3.56. The summed E-state index contributed by atoms with van der Waals surface area (Å²) in [6.45, 7) is 4.27. The Kier molecular flexibility index (Phi) is 7.25. The molecule has 0 saturated carbocycles. The first-order valence-corrected chi connectivity index (χ1v) is 10.2. The van der Waals surface area contributed by atoms with Crippen LogP contribution in [0.15, 0.2) is 41.4 Å². The molecule has 0 spiro atoms. The molecule has 0 saturated heterocycles. The van der Waals surface area contributed by atoms with Crippen LogP contribution in [-0.2, 0) is 10.0 Å². The summed E-state index contributed by atoms with van der Waals surface area (Å²) >= 11 is 11.7. The monoisotopic (exact) mass is 431 g/mol. The summed E-state index contributed by atoms with van der Waals surface area (Å²) in [6, 6.07) is 6.98. The molecule has 27 heavy (non-hydrogen) atoms. The fraction of sp³-hybridized carbons (Fsp3) is 0.250. The second-order valence-electron chi connectivity index (χ2n) is 5.30. The number of amides is 2. The normalized spacial score (nSPS) is 11.3. The number of sulfonamides is 1. The lowest BCUT2D eigenvalue weighted by Crippen LogP contribution is -2.34. The van der Waals surface area contributed by atoms with Crippen molar-refractivity contribution in [1.82, 2.24) is 14.7 Å². The van der Waals surface area contributed by atoms with E-state index in [9.17, 15) is 13.2 Å². The lowest BCUT2D eigenvalue weighted by Gasteiger charge is -2.18. The molecule has 146 valence electrons. The van der Waals surface area contributed by atoms with Crippen molar-refractivity contribution in [3.05, 3.63) is 46.6 Å². The van der Waals surface area contributed by atoms with Gasteiger partial charge in [0.1, 0.15) is 10.7 Å². The van der Waals surface area contributed by atoms with E-state index >= 15 is 0 Å². The molecule has 0 aliphatic heterocycles. The molecule has 0 radical (unpaired) electrons. The van der Waals surface area contributed by atoms with Gasteiger partial charge in [0, 0.05) is 25.0 Å². The summed E-state index contributed by atoms with van der Waals surface area (Å²) in [4.78, 5) is 16.0. The number of halogens is 2. The third-order valence-corrected chi connectivity index (χ3v) is 6.33. The number of pyridine rings is 1. The van der Waals surface area contributed by atoms with E-state index in [1.165, 1.54) is 28.7 Å². The number of benzene rings is 1. The molecule has 0 fully saturated rings. The van der Waals surface area contributed by atoms with Crippen LogP contribution in [0.25, 0.3) is 0 Å². The van der Waals surface area contributed by atoms with E-state index in [2.05, 4.69) is 21.2 Å². The van der Waals surface area contributed by atoms with Gasteiger partial charge >= 0.3 is 6.03 Å². The maximum atomic E-state index is 12.4. The Bertz CT molecular complexity index is 903. The van der Waals surface area contributed by atoms with E-state index in [-0.39, 0.29) is 10.7 Å². The molecule has 0 aliphatic rings. The number of carbonyl (C=O) groups excluding carboxylic acids is 1. The van der Waals surface area contributed by atoms with Crippen LogP contribution in [0.5, 0.6) is 0 Å². The second kappa shape index (κ2) is 9.23. The number of urea groups is 1. The zero-order valence-electron chi connectivity index (χ0n) is 14.7. The molecule has 3 N–H and O–H groups in total. The van der Waals surface area contributed by atoms with Crippen LogP contribution in [0.1, 0.15) is 13.8 Å². The van der Waals surface area contributed by atoms with Crippen LogP contribution in [0.4, 0.5) is 16.3 Å². The van der Waals surface area contributed by atoms with Gasteiger partial charge in [-0.1, -0.05) is 37.0 Å². The fourth-order valence-electron chi connectivity index (χ4n) is 2.18. The molecule has 1 aromatic carbocycles. The van der Waals surface area contributed by atoms with Gasteiger partial charge in [-0.2, -0.15) is 4.31 Å². The maximum absolute atomic E-state index is 12.4. The highest BCUT2D eigenvalue weighted by atomic mass is 35.5. The minimum Gasteiger partial charge on any atom is -0.307 e. The first-order valence-electron chi connectivity index (χ1n) is 8.02. The number of hydrogen-bond acceptors (Lipinski definition) is 5. The molecule has 0 atom stereocenters. The van der Waals surface area contributed by atoms with E-state index in [0.29, 0.717) is 28.8 Å². The third kappa shape index (κ3) is 5.46. The molecule has 1 aromatic heterocycles. The molecule has 8 nitrogen and oxygen atoms in total. The van der Waals surface area contributed by atoms with Crippen LogP contribution in [0, 0.1) is 0 Å². The lowest BCUT2D eigenvalue weighted by molar-refractivity contribution is 0.254. The van der Waals surface area contributed by atoms with E-state index in [4.69, 9.17) is 23.2 Å². The number of anilines is 2. The van der Waals surface area contributed by atoms with Crippen LogP contribution in [-0.4, -0.2) is 36.8 Å². The SMILES string of the molecule is CCN(CC)S(=O)(=O)c1ccc(NNC(=O)Nc2ccc(Cl)c(Cl)c2)nc1. The van der Waals surface area contributed by atoms with E-state index in [1.807, 2.05) is 0 Å². The van der Waals surface area contributed by atoms with Crippen LogP contribution in [0.3, 0.4) is 0 Å². The van der Waals surface area contributed by atoms with E-state index < -0.39 is 16.1 Å². The van der Waals surface area contributed by atoms with Crippen molar-refractivity contribution in [2.75, 3.05) is 23.8 Å². The molecule has 2 amide bonds. The average molecular weight is 432 g/mol. The molecule has 11 heteroatoms. The zero-order chi connectivity index (χ0) is 20.0. The van der Waals surface area contributed by atoms with Gasteiger partial charge in [-0.15, -0.1) is 0 Å². The van der Waals surface area contributed by atoms with Gasteiger partial charge in [-0.25, -0.2) is 18.2 Å². The summed E-state index contributed by atoms with van der Waals surface area (Å²) < 4.78 is 26.1. The van der Waals surface area contributed by atoms with Crippen molar-refractivity contribution in [1.29, 1.82) is 0 Å². The molecular weight excluding hydrogens is 413 g/mol. The number of rotatable bonds is 7. The summed E-state index contributed by atoms with van der Waals surface area (Å²) in [6.07, 6.45) is 1.23. The van der Waals surface area contributed by atoms with Crippen LogP contribution >= 0.6 is 23.2 Å². The molecule has 0 aliphatic carbocycles. The highest BCUT2D eigenvalue weighted by Gasteiger charge is 2.21. The minimum absolute atomic E-state index is 0.0806. The van der Waals surface area contributed by atoms with E-state index in [0.717, 1.165) is 0 Å². The maximum Gasteiger partial charge on any atom is 0.337 e. The van der Waals surface area contributed by atoms with Gasteiger partial charge in [-0.3, -0.25) is 10.9 Å². The summed E-state index contributed by atoms with van der Waals surface area (Å²) in [7, 11) is -3.58. The quantitative estimate of drug-likeness (QED) is 0.581. The van der Waals surface area contributed by atoms with Gasteiger partial charge < -0.3 is 5.32 Å². The number of hydrogen-bond donors (Lipinski definition) is 3. The van der Waals surface area contributed by atoms with Crippen LogP contribution in [0.2, 0.25) is 10.0 Å². The Morgan fingerprint density at radius 3 is 2.37 bits per heavy atom. The van der Waals surface area contributed by atoms with Gasteiger partial charge in [-0.05, 0) is 30.3 Å². The molecule has 0 bridgehead atoms. The zero-order valence-corrected chi connectivity index (χ0v) is 17.0. The smallest absolute Gasteiger partial charge is 0.307 e. The number of nitrogens with zero attached hydrogens (tertiary/aromatic N) is 2. The standard InChI is InChI=1S/C16H19Cl2N5O3S/c1-3-23(4-2)27(25,26)12-6-8-15(19-10-12)21-22-16(24)20-11-5-7-13(17)14(18)9-11/h5-10H,3-4H2,1-2H3,(H,19,21)(H2,20,22,24). The first kappa shape index (κ1) is 21.2. The first-order chi connectivity index (χ1) is 12.8. The highest BCUT2D eigenvalue weighted by Crippen LogP contribution is 2.24. The Labute approximate surface area is 167 Å². The Balaban J connectivity index is 1.96. The van der Waals surface area contributed by atoms with Crippen molar-refractivity contribution in [3.63, 3.8) is 0 Å². The van der Waals surface area contributed by atoms with E-state index in [1.54, 1.807) is 26.0 Å².